The summed E-state index contributed by atoms with van der Waals surface area (Å²) in [6.07, 6.45) is 2.43. The number of sulfonamides is 1. The Morgan fingerprint density at radius 3 is 2.42 bits per heavy atom. The lowest BCUT2D eigenvalue weighted by Gasteiger charge is -2.42. The molecule has 0 radical (unpaired) electrons. The average Bonchev–Trinajstić information content (AvgIpc) is 3.05. The molecule has 2 aliphatic rings. The number of hydrogen-bond donors (Lipinski definition) is 3. The smallest absolute Gasteiger partial charge is 0.262 e. The van der Waals surface area contributed by atoms with Gasteiger partial charge in [-0.05, 0) is 93.4 Å². The SMILES string of the molecule is CC(C1CCCNC1)N1CCN(C(=O)CNC(=O)c2ccc(S(=O)(=O)Nc3ccccc3Oc3ccc(Cl)cc3Cl)cc2)CC1. The molecule has 10 nitrogen and oxygen atoms in total. The molecule has 0 aliphatic carbocycles. The summed E-state index contributed by atoms with van der Waals surface area (Å²) >= 11 is 12.2. The van der Waals surface area contributed by atoms with Gasteiger partial charge in [-0.25, -0.2) is 8.42 Å². The highest BCUT2D eigenvalue weighted by atomic mass is 35.5. The fraction of sp³-hybridized carbons (Fsp3) is 0.375. The number of amides is 2. The third-order valence-corrected chi connectivity index (χ3v) is 10.2. The molecule has 2 unspecified atom stereocenters. The first-order chi connectivity index (χ1) is 21.6. The summed E-state index contributed by atoms with van der Waals surface area (Å²) in [5.41, 5.74) is 0.438. The Bertz CT molecular complexity index is 1610. The maximum atomic E-state index is 13.2. The minimum Gasteiger partial charge on any atom is -0.454 e. The van der Waals surface area contributed by atoms with Crippen molar-refractivity contribution in [2.24, 2.45) is 5.92 Å². The molecule has 2 amide bonds. The van der Waals surface area contributed by atoms with E-state index >= 15 is 0 Å². The monoisotopic (exact) mass is 673 g/mol. The molecule has 3 aromatic rings. The Morgan fingerprint density at radius 1 is 1.00 bits per heavy atom. The Hall–Kier alpha value is -3.35. The van der Waals surface area contributed by atoms with Gasteiger partial charge in [0.1, 0.15) is 5.75 Å². The van der Waals surface area contributed by atoms with Crippen molar-refractivity contribution in [3.63, 3.8) is 0 Å². The van der Waals surface area contributed by atoms with Crippen LogP contribution in [0.4, 0.5) is 5.69 Å². The van der Waals surface area contributed by atoms with Gasteiger partial charge in [-0.15, -0.1) is 0 Å². The van der Waals surface area contributed by atoms with Gasteiger partial charge in [-0.2, -0.15) is 0 Å². The first kappa shape index (κ1) is 33.0. The zero-order chi connectivity index (χ0) is 32.0. The number of hydrogen-bond acceptors (Lipinski definition) is 7. The Kier molecular flexibility index (Phi) is 10.9. The summed E-state index contributed by atoms with van der Waals surface area (Å²) in [4.78, 5) is 29.8. The van der Waals surface area contributed by atoms with Gasteiger partial charge in [-0.1, -0.05) is 35.3 Å². The van der Waals surface area contributed by atoms with E-state index < -0.39 is 15.9 Å². The largest absolute Gasteiger partial charge is 0.454 e. The molecule has 0 spiro atoms. The number of ether oxygens (including phenoxy) is 1. The standard InChI is InChI=1S/C32H37Cl2N5O5S/c1-22(24-5-4-14-35-20-24)38-15-17-39(18-16-38)31(40)21-36-32(41)23-8-11-26(12-9-23)45(42,43)37-28-6-2-3-7-30(28)44-29-13-10-25(33)19-27(29)34/h2-3,6-13,19,22,24,35,37H,4-5,14-18,20-21H2,1H3,(H,36,41). The van der Waals surface area contributed by atoms with Crippen molar-refractivity contribution in [1.82, 2.24) is 20.4 Å². The van der Waals surface area contributed by atoms with E-state index in [0.717, 1.165) is 26.2 Å². The third-order valence-electron chi connectivity index (χ3n) is 8.33. The van der Waals surface area contributed by atoms with E-state index in [9.17, 15) is 18.0 Å². The molecule has 0 saturated carbocycles. The fourth-order valence-corrected chi connectivity index (χ4v) is 7.16. The van der Waals surface area contributed by atoms with Crippen molar-refractivity contribution in [2.75, 3.05) is 50.5 Å². The number of carbonyl (C=O) groups excluding carboxylic acids is 2. The molecule has 240 valence electrons. The second-order valence-electron chi connectivity index (χ2n) is 11.2. The van der Waals surface area contributed by atoms with E-state index in [-0.39, 0.29) is 39.4 Å². The maximum Gasteiger partial charge on any atom is 0.262 e. The Morgan fingerprint density at radius 2 is 1.73 bits per heavy atom. The lowest BCUT2D eigenvalue weighted by molar-refractivity contribution is -0.132. The Balaban J connectivity index is 1.13. The number of nitrogens with zero attached hydrogens (tertiary/aromatic N) is 2. The van der Waals surface area contributed by atoms with Gasteiger partial charge >= 0.3 is 0 Å². The van der Waals surface area contributed by atoms with Gasteiger partial charge in [0.25, 0.3) is 15.9 Å². The number of anilines is 1. The molecule has 2 fully saturated rings. The molecule has 3 aromatic carbocycles. The highest BCUT2D eigenvalue weighted by Gasteiger charge is 2.29. The van der Waals surface area contributed by atoms with Crippen LogP contribution in [0.5, 0.6) is 11.5 Å². The first-order valence-electron chi connectivity index (χ1n) is 15.0. The number of benzene rings is 3. The number of piperazine rings is 1. The molecule has 45 heavy (non-hydrogen) atoms. The van der Waals surface area contributed by atoms with Crippen molar-refractivity contribution < 1.29 is 22.7 Å². The van der Waals surface area contributed by atoms with Crippen LogP contribution in [-0.4, -0.2) is 81.9 Å². The van der Waals surface area contributed by atoms with Crippen molar-refractivity contribution in [3.05, 3.63) is 82.3 Å². The third kappa shape index (κ3) is 8.47. The average molecular weight is 675 g/mol. The second-order valence-corrected chi connectivity index (χ2v) is 13.8. The minimum atomic E-state index is -4.03. The van der Waals surface area contributed by atoms with Crippen LogP contribution in [0.25, 0.3) is 0 Å². The van der Waals surface area contributed by atoms with Crippen LogP contribution >= 0.6 is 23.2 Å². The quantitative estimate of drug-likeness (QED) is 0.282. The predicted octanol–water partition coefficient (Wildman–Crippen LogP) is 4.85. The summed E-state index contributed by atoms with van der Waals surface area (Å²) < 4.78 is 34.7. The molecule has 0 aromatic heterocycles. The lowest BCUT2D eigenvalue weighted by atomic mass is 9.91. The summed E-state index contributed by atoms with van der Waals surface area (Å²) in [7, 11) is -4.03. The second kappa shape index (κ2) is 14.8. The van der Waals surface area contributed by atoms with Crippen molar-refractivity contribution in [1.29, 1.82) is 0 Å². The van der Waals surface area contributed by atoms with Crippen LogP contribution in [-0.2, 0) is 14.8 Å². The van der Waals surface area contributed by atoms with Crippen molar-refractivity contribution in [3.8, 4) is 11.5 Å². The zero-order valence-corrected chi connectivity index (χ0v) is 27.3. The van der Waals surface area contributed by atoms with Gasteiger partial charge in [-0.3, -0.25) is 19.2 Å². The zero-order valence-electron chi connectivity index (χ0n) is 25.0. The topological polar surface area (TPSA) is 120 Å². The van der Waals surface area contributed by atoms with E-state index in [1.165, 1.54) is 43.2 Å². The molecule has 2 saturated heterocycles. The van der Waals surface area contributed by atoms with Gasteiger partial charge < -0.3 is 20.3 Å². The maximum absolute atomic E-state index is 13.2. The van der Waals surface area contributed by atoms with Crippen molar-refractivity contribution in [2.45, 2.75) is 30.7 Å². The highest BCUT2D eigenvalue weighted by Crippen LogP contribution is 2.35. The van der Waals surface area contributed by atoms with Crippen molar-refractivity contribution >= 4 is 50.7 Å². The molecule has 5 rings (SSSR count). The summed E-state index contributed by atoms with van der Waals surface area (Å²) in [6, 6.07) is 17.2. The van der Waals surface area contributed by atoms with Crippen LogP contribution in [0.2, 0.25) is 10.0 Å². The fourth-order valence-electron chi connectivity index (χ4n) is 5.64. The molecule has 2 heterocycles. The molecule has 3 N–H and O–H groups in total. The molecule has 2 aliphatic heterocycles. The van der Waals surface area contributed by atoms with E-state index in [2.05, 4.69) is 27.2 Å². The first-order valence-corrected chi connectivity index (χ1v) is 17.2. The van der Waals surface area contributed by atoms with Crippen LogP contribution in [0.15, 0.2) is 71.6 Å². The molecule has 0 bridgehead atoms. The normalized spacial score (nSPS) is 18.2. The summed E-state index contributed by atoms with van der Waals surface area (Å²) in [6.45, 7) is 7.15. The van der Waals surface area contributed by atoms with Crippen LogP contribution in [0, 0.1) is 5.92 Å². The van der Waals surface area contributed by atoms with Gasteiger partial charge in [0.2, 0.25) is 5.91 Å². The number of rotatable bonds is 10. The summed E-state index contributed by atoms with van der Waals surface area (Å²) in [5.74, 6) is 0.575. The molecule has 2 atom stereocenters. The van der Waals surface area contributed by atoms with Crippen LogP contribution in [0.3, 0.4) is 0 Å². The van der Waals surface area contributed by atoms with E-state index in [1.807, 2.05) is 0 Å². The van der Waals surface area contributed by atoms with E-state index in [1.54, 1.807) is 41.3 Å². The number of para-hydroxylation sites is 2. The minimum absolute atomic E-state index is 0.0504. The predicted molar refractivity (Wildman–Crippen MR) is 176 cm³/mol. The van der Waals surface area contributed by atoms with Gasteiger partial charge in [0.05, 0.1) is 22.2 Å². The van der Waals surface area contributed by atoms with Gasteiger partial charge in [0.15, 0.2) is 5.75 Å². The Labute approximate surface area is 274 Å². The lowest BCUT2D eigenvalue weighted by Crippen LogP contribution is -2.55. The molecule has 13 heteroatoms. The van der Waals surface area contributed by atoms with Crippen LogP contribution < -0.4 is 20.1 Å². The van der Waals surface area contributed by atoms with E-state index in [4.69, 9.17) is 27.9 Å². The van der Waals surface area contributed by atoms with E-state index in [0.29, 0.717) is 35.8 Å². The molecular weight excluding hydrogens is 637 g/mol. The highest BCUT2D eigenvalue weighted by molar-refractivity contribution is 7.92. The number of carbonyl (C=O) groups is 2. The van der Waals surface area contributed by atoms with Crippen LogP contribution in [0.1, 0.15) is 30.1 Å². The summed E-state index contributed by atoms with van der Waals surface area (Å²) in [5, 5.41) is 6.86. The number of halogens is 2. The van der Waals surface area contributed by atoms with Gasteiger partial charge in [0, 0.05) is 42.8 Å². The number of nitrogens with one attached hydrogen (secondary N) is 3. The number of piperidine rings is 1. The molecular formula is C32H37Cl2N5O5S.